The highest BCUT2D eigenvalue weighted by Gasteiger charge is 2.34. The van der Waals surface area contributed by atoms with Gasteiger partial charge in [0.15, 0.2) is 0 Å². The van der Waals surface area contributed by atoms with Gasteiger partial charge in [0.1, 0.15) is 0 Å². The average molecular weight is 286 g/mol. The van der Waals surface area contributed by atoms with Crippen molar-refractivity contribution in [3.8, 4) is 0 Å². The van der Waals surface area contributed by atoms with E-state index in [-0.39, 0.29) is 5.91 Å². The smallest absolute Gasteiger partial charge is 0.254 e. The maximum atomic E-state index is 12.8. The first kappa shape index (κ1) is 14.6. The van der Waals surface area contributed by atoms with Crippen LogP contribution < -0.4 is 5.73 Å². The Labute approximate surface area is 127 Å². The minimum Gasteiger partial charge on any atom is -0.335 e. The molecule has 3 nitrogen and oxygen atoms in total. The normalized spacial score (nSPS) is 19.5. The Hall–Kier alpha value is -1.35. The summed E-state index contributed by atoms with van der Waals surface area (Å²) in [6, 6.07) is 8.30. The largest absolute Gasteiger partial charge is 0.335 e. The van der Waals surface area contributed by atoms with Crippen LogP contribution in [0, 0.1) is 5.92 Å². The van der Waals surface area contributed by atoms with Crippen LogP contribution in [-0.2, 0) is 6.54 Å². The maximum absolute atomic E-state index is 12.8. The second-order valence-corrected chi connectivity index (χ2v) is 6.59. The third-order valence-corrected chi connectivity index (χ3v) is 4.86. The third kappa shape index (κ3) is 3.65. The second-order valence-electron chi connectivity index (χ2n) is 6.59. The quantitative estimate of drug-likeness (QED) is 0.902. The van der Waals surface area contributed by atoms with Crippen LogP contribution in [0.2, 0.25) is 0 Å². The van der Waals surface area contributed by atoms with Gasteiger partial charge in [-0.15, -0.1) is 0 Å². The van der Waals surface area contributed by atoms with Crippen LogP contribution in [0.25, 0.3) is 0 Å². The molecule has 0 heterocycles. The third-order valence-electron chi connectivity index (χ3n) is 4.86. The Kier molecular flexibility index (Phi) is 4.59. The lowest BCUT2D eigenvalue weighted by Crippen LogP contribution is -2.37. The van der Waals surface area contributed by atoms with Crippen LogP contribution in [0.15, 0.2) is 24.3 Å². The molecule has 0 radical (unpaired) electrons. The fourth-order valence-corrected chi connectivity index (χ4v) is 3.38. The summed E-state index contributed by atoms with van der Waals surface area (Å²) in [5.74, 6) is 0.929. The Balaban J connectivity index is 1.68. The van der Waals surface area contributed by atoms with Gasteiger partial charge in [0.25, 0.3) is 5.91 Å². The van der Waals surface area contributed by atoms with E-state index >= 15 is 0 Å². The molecule has 2 aliphatic rings. The highest BCUT2D eigenvalue weighted by molar-refractivity contribution is 5.94. The molecule has 0 aromatic heterocycles. The topological polar surface area (TPSA) is 46.3 Å². The van der Waals surface area contributed by atoms with Crippen molar-refractivity contribution in [2.45, 2.75) is 57.5 Å². The fourth-order valence-electron chi connectivity index (χ4n) is 3.38. The van der Waals surface area contributed by atoms with Crippen LogP contribution in [0.1, 0.15) is 60.9 Å². The number of amides is 1. The average Bonchev–Trinajstić information content (AvgIpc) is 3.38. The van der Waals surface area contributed by atoms with Gasteiger partial charge in [0, 0.05) is 24.7 Å². The highest BCUT2D eigenvalue weighted by atomic mass is 16.2. The second kappa shape index (κ2) is 6.61. The number of benzene rings is 1. The molecule has 0 atom stereocenters. The van der Waals surface area contributed by atoms with E-state index in [0.29, 0.717) is 18.5 Å². The van der Waals surface area contributed by atoms with E-state index in [2.05, 4.69) is 4.90 Å². The van der Waals surface area contributed by atoms with Crippen LogP contribution >= 0.6 is 0 Å². The van der Waals surface area contributed by atoms with Crippen molar-refractivity contribution in [2.24, 2.45) is 11.7 Å². The SMILES string of the molecule is NCc1ccc(C(=O)N(CC2CCCCC2)C2CC2)cc1. The Morgan fingerprint density at radius 3 is 2.29 bits per heavy atom. The predicted molar refractivity (Wildman–Crippen MR) is 85.0 cm³/mol. The molecule has 2 N–H and O–H groups in total. The van der Waals surface area contributed by atoms with Gasteiger partial charge in [-0.25, -0.2) is 0 Å². The van der Waals surface area contributed by atoms with Crippen molar-refractivity contribution in [3.63, 3.8) is 0 Å². The Morgan fingerprint density at radius 2 is 1.71 bits per heavy atom. The molecule has 2 saturated carbocycles. The number of hydrogen-bond donors (Lipinski definition) is 1. The number of nitrogens with two attached hydrogens (primary N) is 1. The molecule has 0 saturated heterocycles. The molecular weight excluding hydrogens is 260 g/mol. The number of carbonyl (C=O) groups excluding carboxylic acids is 1. The maximum Gasteiger partial charge on any atom is 0.254 e. The van der Waals surface area contributed by atoms with Crippen LogP contribution in [-0.4, -0.2) is 23.4 Å². The van der Waals surface area contributed by atoms with Gasteiger partial charge in [-0.2, -0.15) is 0 Å². The number of rotatable bonds is 5. The fraction of sp³-hybridized carbons (Fsp3) is 0.611. The molecule has 0 unspecified atom stereocenters. The molecule has 2 fully saturated rings. The first-order valence-corrected chi connectivity index (χ1v) is 8.38. The first-order chi connectivity index (χ1) is 10.3. The van der Waals surface area contributed by atoms with Gasteiger partial charge in [0.05, 0.1) is 0 Å². The molecule has 0 spiro atoms. The molecule has 0 aliphatic heterocycles. The molecule has 114 valence electrons. The van der Waals surface area contributed by atoms with E-state index in [0.717, 1.165) is 17.7 Å². The summed E-state index contributed by atoms with van der Waals surface area (Å²) in [7, 11) is 0. The van der Waals surface area contributed by atoms with Crippen LogP contribution in [0.4, 0.5) is 0 Å². The molecule has 1 amide bonds. The zero-order chi connectivity index (χ0) is 14.7. The van der Waals surface area contributed by atoms with Gasteiger partial charge < -0.3 is 10.6 Å². The Bertz CT molecular complexity index is 472. The molecule has 3 heteroatoms. The summed E-state index contributed by atoms with van der Waals surface area (Å²) < 4.78 is 0. The molecule has 21 heavy (non-hydrogen) atoms. The summed E-state index contributed by atoms with van der Waals surface area (Å²) in [6.07, 6.45) is 8.99. The van der Waals surface area contributed by atoms with Crippen LogP contribution in [0.5, 0.6) is 0 Å². The summed E-state index contributed by atoms with van der Waals surface area (Å²) >= 11 is 0. The first-order valence-electron chi connectivity index (χ1n) is 8.38. The number of hydrogen-bond acceptors (Lipinski definition) is 2. The van der Waals surface area contributed by atoms with Gasteiger partial charge >= 0.3 is 0 Å². The standard InChI is InChI=1S/C18H26N2O/c19-12-14-6-8-16(9-7-14)18(21)20(17-10-11-17)13-15-4-2-1-3-5-15/h6-9,15,17H,1-5,10-13,19H2. The van der Waals surface area contributed by atoms with Crippen molar-refractivity contribution < 1.29 is 4.79 Å². The predicted octanol–water partition coefficient (Wildman–Crippen LogP) is 3.33. The van der Waals surface area contributed by atoms with E-state index in [1.807, 2.05) is 24.3 Å². The summed E-state index contributed by atoms with van der Waals surface area (Å²) in [4.78, 5) is 14.9. The van der Waals surface area contributed by atoms with Crippen molar-refractivity contribution in [3.05, 3.63) is 35.4 Å². The van der Waals surface area contributed by atoms with Gasteiger partial charge in [0.2, 0.25) is 0 Å². The van der Waals surface area contributed by atoms with Crippen molar-refractivity contribution >= 4 is 5.91 Å². The zero-order valence-corrected chi connectivity index (χ0v) is 12.8. The van der Waals surface area contributed by atoms with Crippen molar-refractivity contribution in [1.82, 2.24) is 4.90 Å². The molecule has 2 aliphatic carbocycles. The summed E-state index contributed by atoms with van der Waals surface area (Å²) in [5, 5.41) is 0. The van der Waals surface area contributed by atoms with Crippen molar-refractivity contribution in [1.29, 1.82) is 0 Å². The minimum atomic E-state index is 0.214. The van der Waals surface area contributed by atoms with Gasteiger partial charge in [-0.05, 0) is 49.3 Å². The number of carbonyl (C=O) groups is 1. The van der Waals surface area contributed by atoms with E-state index in [1.165, 1.54) is 44.9 Å². The van der Waals surface area contributed by atoms with Crippen molar-refractivity contribution in [2.75, 3.05) is 6.54 Å². The lowest BCUT2D eigenvalue weighted by Gasteiger charge is -2.30. The molecule has 1 aromatic carbocycles. The lowest BCUT2D eigenvalue weighted by molar-refractivity contribution is 0.0699. The molecule has 1 aromatic rings. The van der Waals surface area contributed by atoms with Gasteiger partial charge in [-0.3, -0.25) is 4.79 Å². The van der Waals surface area contributed by atoms with Gasteiger partial charge in [-0.1, -0.05) is 31.4 Å². The number of nitrogens with zero attached hydrogens (tertiary/aromatic N) is 1. The minimum absolute atomic E-state index is 0.214. The lowest BCUT2D eigenvalue weighted by atomic mass is 9.88. The van der Waals surface area contributed by atoms with E-state index in [1.54, 1.807) is 0 Å². The van der Waals surface area contributed by atoms with Crippen LogP contribution in [0.3, 0.4) is 0 Å². The highest BCUT2D eigenvalue weighted by Crippen LogP contribution is 2.32. The Morgan fingerprint density at radius 1 is 1.05 bits per heavy atom. The molecule has 0 bridgehead atoms. The van der Waals surface area contributed by atoms with E-state index in [9.17, 15) is 4.79 Å². The summed E-state index contributed by atoms with van der Waals surface area (Å²) in [6.45, 7) is 1.49. The molecule has 3 rings (SSSR count). The monoisotopic (exact) mass is 286 g/mol. The zero-order valence-electron chi connectivity index (χ0n) is 12.8. The summed E-state index contributed by atoms with van der Waals surface area (Å²) in [5.41, 5.74) is 7.52. The van der Waals surface area contributed by atoms with E-state index < -0.39 is 0 Å². The van der Waals surface area contributed by atoms with E-state index in [4.69, 9.17) is 5.73 Å². The molecular formula is C18H26N2O.